The minimum absolute atomic E-state index is 0.484. The molecule has 1 N–H and O–H groups in total. The molecule has 112 valence electrons. The van der Waals surface area contributed by atoms with E-state index < -0.39 is 15.1 Å². The second-order valence-electron chi connectivity index (χ2n) is 5.07. The number of hydrogen-bond acceptors (Lipinski definition) is 3. The van der Waals surface area contributed by atoms with Crippen LogP contribution in [0.5, 0.6) is 0 Å². The normalized spacial score (nSPS) is 12.9. The zero-order valence-corrected chi connectivity index (χ0v) is 13.6. The van der Waals surface area contributed by atoms with E-state index in [1.165, 1.54) is 6.26 Å². The highest BCUT2D eigenvalue weighted by Gasteiger charge is 2.16. The molecular formula is C16H18ClNO2S. The van der Waals surface area contributed by atoms with Crippen LogP contribution >= 0.6 is 11.6 Å². The molecule has 0 aromatic heterocycles. The van der Waals surface area contributed by atoms with Crippen molar-refractivity contribution in [3.05, 3.63) is 64.7 Å². The van der Waals surface area contributed by atoms with Crippen molar-refractivity contribution in [2.75, 3.05) is 11.6 Å². The minimum atomic E-state index is -3.06. The molecule has 0 amide bonds. The SMILES string of the molecule is C[C@H](c1ccc(NCc2ccc(Cl)cc2)cc1)S(C)(=O)=O. The molecule has 2 rings (SSSR count). The van der Waals surface area contributed by atoms with Gasteiger partial charge in [-0.3, -0.25) is 0 Å². The van der Waals surface area contributed by atoms with Gasteiger partial charge in [0.1, 0.15) is 0 Å². The van der Waals surface area contributed by atoms with Crippen molar-refractivity contribution in [3.63, 3.8) is 0 Å². The first-order valence-corrected chi connectivity index (χ1v) is 8.96. The average Bonchev–Trinajstić information content (AvgIpc) is 2.45. The van der Waals surface area contributed by atoms with Gasteiger partial charge in [-0.15, -0.1) is 0 Å². The summed E-state index contributed by atoms with van der Waals surface area (Å²) >= 11 is 5.84. The number of anilines is 1. The molecule has 2 aromatic rings. The third-order valence-corrected chi connectivity index (χ3v) is 5.24. The Kier molecular flexibility index (Phi) is 4.91. The van der Waals surface area contributed by atoms with E-state index in [-0.39, 0.29) is 0 Å². The highest BCUT2D eigenvalue weighted by atomic mass is 35.5. The molecule has 3 nitrogen and oxygen atoms in total. The second-order valence-corrected chi connectivity index (χ2v) is 7.88. The molecule has 0 unspecified atom stereocenters. The van der Waals surface area contributed by atoms with Gasteiger partial charge in [0.05, 0.1) is 5.25 Å². The Bertz CT molecular complexity index is 694. The first-order chi connectivity index (χ1) is 9.86. The molecule has 0 heterocycles. The maximum absolute atomic E-state index is 11.5. The predicted molar refractivity (Wildman–Crippen MR) is 88.5 cm³/mol. The van der Waals surface area contributed by atoms with Gasteiger partial charge >= 0.3 is 0 Å². The molecular weight excluding hydrogens is 306 g/mol. The topological polar surface area (TPSA) is 46.2 Å². The van der Waals surface area contributed by atoms with E-state index >= 15 is 0 Å². The number of hydrogen-bond donors (Lipinski definition) is 1. The van der Waals surface area contributed by atoms with Crippen molar-refractivity contribution in [3.8, 4) is 0 Å². The molecule has 0 aliphatic carbocycles. The van der Waals surface area contributed by atoms with Gasteiger partial charge in [-0.25, -0.2) is 8.42 Å². The molecule has 0 spiro atoms. The van der Waals surface area contributed by atoms with Gasteiger partial charge < -0.3 is 5.32 Å². The van der Waals surface area contributed by atoms with Crippen molar-refractivity contribution in [2.24, 2.45) is 0 Å². The van der Waals surface area contributed by atoms with Crippen LogP contribution in [0.3, 0.4) is 0 Å². The molecule has 1 atom stereocenters. The molecule has 0 radical (unpaired) electrons. The van der Waals surface area contributed by atoms with E-state index in [2.05, 4.69) is 5.32 Å². The van der Waals surface area contributed by atoms with Crippen LogP contribution in [0.2, 0.25) is 5.02 Å². The van der Waals surface area contributed by atoms with Crippen LogP contribution in [0, 0.1) is 0 Å². The van der Waals surface area contributed by atoms with Gasteiger partial charge in [0.25, 0.3) is 0 Å². The smallest absolute Gasteiger partial charge is 0.154 e. The predicted octanol–water partition coefficient (Wildman–Crippen LogP) is 4.06. The Morgan fingerprint density at radius 2 is 1.62 bits per heavy atom. The van der Waals surface area contributed by atoms with Crippen molar-refractivity contribution in [1.29, 1.82) is 0 Å². The summed E-state index contributed by atoms with van der Waals surface area (Å²) in [4.78, 5) is 0. The van der Waals surface area contributed by atoms with Crippen molar-refractivity contribution in [1.82, 2.24) is 0 Å². The quantitative estimate of drug-likeness (QED) is 0.902. The molecule has 21 heavy (non-hydrogen) atoms. The van der Waals surface area contributed by atoms with E-state index in [0.717, 1.165) is 21.8 Å². The first-order valence-electron chi connectivity index (χ1n) is 6.63. The van der Waals surface area contributed by atoms with E-state index in [0.29, 0.717) is 6.54 Å². The van der Waals surface area contributed by atoms with Crippen LogP contribution in [-0.2, 0) is 16.4 Å². The Labute approximate surface area is 130 Å². The lowest BCUT2D eigenvalue weighted by Gasteiger charge is -2.11. The monoisotopic (exact) mass is 323 g/mol. The van der Waals surface area contributed by atoms with Crippen LogP contribution in [0.4, 0.5) is 5.69 Å². The lowest BCUT2D eigenvalue weighted by molar-refractivity contribution is 0.592. The van der Waals surface area contributed by atoms with E-state index in [1.807, 2.05) is 48.5 Å². The molecule has 0 fully saturated rings. The van der Waals surface area contributed by atoms with Gasteiger partial charge in [0.15, 0.2) is 9.84 Å². The summed E-state index contributed by atoms with van der Waals surface area (Å²) in [5.41, 5.74) is 2.89. The average molecular weight is 324 g/mol. The Balaban J connectivity index is 2.01. The Hall–Kier alpha value is -1.52. The summed E-state index contributed by atoms with van der Waals surface area (Å²) in [6.07, 6.45) is 1.25. The number of benzene rings is 2. The number of halogens is 1. The van der Waals surface area contributed by atoms with Gasteiger partial charge in [-0.05, 0) is 42.3 Å². The van der Waals surface area contributed by atoms with Crippen molar-refractivity contribution in [2.45, 2.75) is 18.7 Å². The van der Waals surface area contributed by atoms with Crippen LogP contribution in [-0.4, -0.2) is 14.7 Å². The second kappa shape index (κ2) is 6.50. The number of rotatable bonds is 5. The molecule has 5 heteroatoms. The van der Waals surface area contributed by atoms with Crippen LogP contribution in [0.1, 0.15) is 23.3 Å². The summed E-state index contributed by atoms with van der Waals surface area (Å²) in [5, 5.41) is 3.53. The minimum Gasteiger partial charge on any atom is -0.381 e. The summed E-state index contributed by atoms with van der Waals surface area (Å²) < 4.78 is 23.1. The van der Waals surface area contributed by atoms with Gasteiger partial charge in [-0.2, -0.15) is 0 Å². The van der Waals surface area contributed by atoms with Crippen molar-refractivity contribution >= 4 is 27.1 Å². The largest absolute Gasteiger partial charge is 0.381 e. The fourth-order valence-electron chi connectivity index (χ4n) is 1.93. The van der Waals surface area contributed by atoms with Crippen LogP contribution < -0.4 is 5.32 Å². The Morgan fingerprint density at radius 3 is 2.14 bits per heavy atom. The van der Waals surface area contributed by atoms with E-state index in [4.69, 9.17) is 11.6 Å². The highest BCUT2D eigenvalue weighted by Crippen LogP contribution is 2.22. The summed E-state index contributed by atoms with van der Waals surface area (Å²) in [5.74, 6) is 0. The zero-order valence-electron chi connectivity index (χ0n) is 12.0. The fourth-order valence-corrected chi connectivity index (χ4v) is 2.70. The zero-order chi connectivity index (χ0) is 15.5. The number of sulfone groups is 1. The lowest BCUT2D eigenvalue weighted by atomic mass is 10.1. The maximum Gasteiger partial charge on any atom is 0.154 e. The lowest BCUT2D eigenvalue weighted by Crippen LogP contribution is -2.07. The molecule has 0 aliphatic heterocycles. The van der Waals surface area contributed by atoms with E-state index in [1.54, 1.807) is 6.92 Å². The number of nitrogens with one attached hydrogen (secondary N) is 1. The van der Waals surface area contributed by atoms with Crippen LogP contribution in [0.15, 0.2) is 48.5 Å². The van der Waals surface area contributed by atoms with Crippen LogP contribution in [0.25, 0.3) is 0 Å². The Morgan fingerprint density at radius 1 is 1.05 bits per heavy atom. The van der Waals surface area contributed by atoms with E-state index in [9.17, 15) is 8.42 Å². The van der Waals surface area contributed by atoms with Crippen molar-refractivity contribution < 1.29 is 8.42 Å². The van der Waals surface area contributed by atoms with Gasteiger partial charge in [0.2, 0.25) is 0 Å². The summed E-state index contributed by atoms with van der Waals surface area (Å²) in [7, 11) is -3.06. The molecule has 0 bridgehead atoms. The molecule has 0 saturated carbocycles. The summed E-state index contributed by atoms with van der Waals surface area (Å²) in [6.45, 7) is 2.39. The first kappa shape index (κ1) is 15.9. The highest BCUT2D eigenvalue weighted by molar-refractivity contribution is 7.90. The molecule has 0 saturated heterocycles. The van der Waals surface area contributed by atoms with Gasteiger partial charge in [0, 0.05) is 23.5 Å². The third kappa shape index (κ3) is 4.48. The maximum atomic E-state index is 11.5. The fraction of sp³-hybridized carbons (Fsp3) is 0.250. The van der Waals surface area contributed by atoms with Gasteiger partial charge in [-0.1, -0.05) is 35.9 Å². The summed E-state index contributed by atoms with van der Waals surface area (Å²) in [6, 6.07) is 15.1. The standard InChI is InChI=1S/C16H18ClNO2S/c1-12(21(2,19)20)14-5-9-16(10-6-14)18-11-13-3-7-15(17)8-4-13/h3-10,12,18H,11H2,1-2H3/t12-/m1/s1. The third-order valence-electron chi connectivity index (χ3n) is 3.43. The molecule has 0 aliphatic rings. The molecule has 2 aromatic carbocycles.